The number of benzene rings is 1. The Labute approximate surface area is 146 Å². The summed E-state index contributed by atoms with van der Waals surface area (Å²) in [7, 11) is 0. The van der Waals surface area contributed by atoms with Crippen LogP contribution in [0.15, 0.2) is 30.5 Å². The van der Waals surface area contributed by atoms with E-state index in [-0.39, 0.29) is 17.8 Å². The molecule has 1 atom stereocenters. The number of carbonyl (C=O) groups excluding carboxylic acids is 1. The van der Waals surface area contributed by atoms with E-state index in [0.29, 0.717) is 6.42 Å². The Hall–Kier alpha value is -2.91. The molecule has 26 heavy (non-hydrogen) atoms. The van der Waals surface area contributed by atoms with E-state index in [1.807, 2.05) is 6.92 Å². The summed E-state index contributed by atoms with van der Waals surface area (Å²) in [5, 5.41) is 18.7. The van der Waals surface area contributed by atoms with Gasteiger partial charge in [0.05, 0.1) is 17.4 Å². The smallest absolute Gasteiger partial charge is 0.416 e. The number of alkyl halides is 3. The normalized spacial score (nSPS) is 12.6. The number of aliphatic carboxylic acids is 1. The minimum Gasteiger partial charge on any atom is -0.480 e. The summed E-state index contributed by atoms with van der Waals surface area (Å²) in [4.78, 5) is 23.3. The lowest BCUT2D eigenvalue weighted by Crippen LogP contribution is -2.40. The number of aromatic nitrogens is 3. The number of hydrogen-bond acceptors (Lipinski definition) is 4. The number of nitrogens with zero attached hydrogens (tertiary/aromatic N) is 3. The Morgan fingerprint density at radius 2 is 2.08 bits per heavy atom. The Bertz CT molecular complexity index is 789. The summed E-state index contributed by atoms with van der Waals surface area (Å²) in [5.41, 5.74) is -0.973. The Morgan fingerprint density at radius 3 is 2.69 bits per heavy atom. The van der Waals surface area contributed by atoms with Crippen molar-refractivity contribution in [3.8, 4) is 5.69 Å². The molecule has 2 aromatic rings. The third kappa shape index (κ3) is 4.80. The van der Waals surface area contributed by atoms with Crippen molar-refractivity contribution in [1.29, 1.82) is 0 Å². The number of carboxylic acid groups (broad SMARTS) is 1. The zero-order valence-electron chi connectivity index (χ0n) is 13.8. The number of carbonyl (C=O) groups is 2. The maximum Gasteiger partial charge on any atom is 0.416 e. The van der Waals surface area contributed by atoms with Gasteiger partial charge in [0.1, 0.15) is 6.04 Å². The van der Waals surface area contributed by atoms with Crippen LogP contribution in [0.5, 0.6) is 0 Å². The number of rotatable bonds is 7. The van der Waals surface area contributed by atoms with Crippen LogP contribution in [0.2, 0.25) is 0 Å². The molecule has 0 bridgehead atoms. The fourth-order valence-corrected chi connectivity index (χ4v) is 2.22. The predicted octanol–water partition coefficient (Wildman–Crippen LogP) is 2.66. The summed E-state index contributed by atoms with van der Waals surface area (Å²) >= 11 is 0. The molecule has 0 fully saturated rings. The number of amides is 1. The molecule has 0 aliphatic heterocycles. The minimum absolute atomic E-state index is 0.0761. The summed E-state index contributed by atoms with van der Waals surface area (Å²) < 4.78 is 39.3. The van der Waals surface area contributed by atoms with Gasteiger partial charge in [-0.25, -0.2) is 9.48 Å². The van der Waals surface area contributed by atoms with Gasteiger partial charge in [0.2, 0.25) is 0 Å². The van der Waals surface area contributed by atoms with Crippen molar-refractivity contribution >= 4 is 11.9 Å². The number of nitrogens with one attached hydrogen (secondary N) is 1. The van der Waals surface area contributed by atoms with Crippen LogP contribution in [0.4, 0.5) is 13.2 Å². The lowest BCUT2D eigenvalue weighted by Gasteiger charge is -2.12. The summed E-state index contributed by atoms with van der Waals surface area (Å²) in [5.74, 6) is -1.93. The highest BCUT2D eigenvalue weighted by Crippen LogP contribution is 2.30. The van der Waals surface area contributed by atoms with Crippen molar-refractivity contribution in [1.82, 2.24) is 20.3 Å². The van der Waals surface area contributed by atoms with Gasteiger partial charge >= 0.3 is 12.1 Å². The second-order valence-electron chi connectivity index (χ2n) is 5.60. The van der Waals surface area contributed by atoms with E-state index in [4.69, 9.17) is 5.11 Å². The lowest BCUT2D eigenvalue weighted by atomic mass is 10.1. The summed E-state index contributed by atoms with van der Waals surface area (Å²) in [6, 6.07) is 3.32. The molecule has 1 aromatic carbocycles. The molecule has 0 radical (unpaired) electrons. The molecule has 2 rings (SSSR count). The van der Waals surface area contributed by atoms with Crippen molar-refractivity contribution in [2.45, 2.75) is 38.4 Å². The maximum absolute atomic E-state index is 12.8. The van der Waals surface area contributed by atoms with Gasteiger partial charge in [-0.05, 0) is 24.6 Å². The van der Waals surface area contributed by atoms with Gasteiger partial charge < -0.3 is 10.4 Å². The molecule has 0 spiro atoms. The molecule has 0 aliphatic rings. The zero-order chi connectivity index (χ0) is 19.3. The highest BCUT2D eigenvalue weighted by atomic mass is 19.4. The largest absolute Gasteiger partial charge is 0.480 e. The van der Waals surface area contributed by atoms with E-state index in [1.165, 1.54) is 12.1 Å². The monoisotopic (exact) mass is 370 g/mol. The van der Waals surface area contributed by atoms with Crippen molar-refractivity contribution in [2.75, 3.05) is 0 Å². The summed E-state index contributed by atoms with van der Waals surface area (Å²) in [6.45, 7) is 1.89. The highest BCUT2D eigenvalue weighted by Gasteiger charge is 2.30. The molecule has 10 heteroatoms. The third-order valence-electron chi connectivity index (χ3n) is 3.61. The van der Waals surface area contributed by atoms with Crippen LogP contribution in [-0.4, -0.2) is 38.0 Å². The van der Waals surface area contributed by atoms with Gasteiger partial charge in [-0.15, -0.1) is 5.10 Å². The Kier molecular flexibility index (Phi) is 5.96. The van der Waals surface area contributed by atoms with Crippen LogP contribution in [0.25, 0.3) is 5.69 Å². The molecular weight excluding hydrogens is 353 g/mol. The Morgan fingerprint density at radius 1 is 1.35 bits per heavy atom. The average molecular weight is 370 g/mol. The van der Waals surface area contributed by atoms with E-state index < -0.39 is 29.7 Å². The fourth-order valence-electron chi connectivity index (χ4n) is 2.22. The topological polar surface area (TPSA) is 97.1 Å². The van der Waals surface area contributed by atoms with Gasteiger partial charge in [0, 0.05) is 0 Å². The van der Waals surface area contributed by atoms with Gasteiger partial charge in [-0.1, -0.05) is 31.0 Å². The van der Waals surface area contributed by atoms with Crippen LogP contribution < -0.4 is 5.32 Å². The molecule has 1 aromatic heterocycles. The first kappa shape index (κ1) is 19.4. The molecule has 140 valence electrons. The first-order valence-electron chi connectivity index (χ1n) is 7.86. The maximum atomic E-state index is 12.8. The molecule has 0 aliphatic carbocycles. The summed E-state index contributed by atoms with van der Waals surface area (Å²) in [6.07, 6.45) is -1.72. The molecule has 1 amide bonds. The first-order chi connectivity index (χ1) is 12.2. The van der Waals surface area contributed by atoms with Gasteiger partial charge in [0.15, 0.2) is 5.69 Å². The first-order valence-corrected chi connectivity index (χ1v) is 7.86. The Balaban J connectivity index is 2.16. The van der Waals surface area contributed by atoms with Crippen LogP contribution in [0.1, 0.15) is 42.2 Å². The van der Waals surface area contributed by atoms with E-state index in [1.54, 1.807) is 0 Å². The number of unbranched alkanes of at least 4 members (excludes halogenated alkanes) is 1. The molecule has 0 saturated carbocycles. The quantitative estimate of drug-likeness (QED) is 0.781. The molecule has 2 N–H and O–H groups in total. The van der Waals surface area contributed by atoms with E-state index in [9.17, 15) is 22.8 Å². The van der Waals surface area contributed by atoms with Gasteiger partial charge in [-0.3, -0.25) is 4.79 Å². The van der Waals surface area contributed by atoms with Gasteiger partial charge in [-0.2, -0.15) is 13.2 Å². The molecule has 0 unspecified atom stereocenters. The van der Waals surface area contributed by atoms with E-state index in [0.717, 1.165) is 29.4 Å². The second-order valence-corrected chi connectivity index (χ2v) is 5.60. The van der Waals surface area contributed by atoms with Crippen molar-refractivity contribution in [3.63, 3.8) is 0 Å². The highest BCUT2D eigenvalue weighted by molar-refractivity contribution is 5.94. The molecular formula is C16H17F3N4O3. The second kappa shape index (κ2) is 7.98. The molecule has 1 heterocycles. The standard InChI is InChI=1S/C16H17F3N4O3/c1-2-3-7-12(15(25)26)20-14(24)13-9-23(22-21-13)11-6-4-5-10(8-11)16(17,18)19/h4-6,8-9,12H,2-3,7H2,1H3,(H,20,24)(H,25,26)/t12-/m0/s1. The fraction of sp³-hybridized carbons (Fsp3) is 0.375. The lowest BCUT2D eigenvalue weighted by molar-refractivity contribution is -0.139. The number of hydrogen-bond donors (Lipinski definition) is 2. The zero-order valence-corrected chi connectivity index (χ0v) is 13.8. The third-order valence-corrected chi connectivity index (χ3v) is 3.61. The predicted molar refractivity (Wildman–Crippen MR) is 84.8 cm³/mol. The van der Waals surface area contributed by atoms with E-state index >= 15 is 0 Å². The van der Waals surface area contributed by atoms with Crippen LogP contribution in [-0.2, 0) is 11.0 Å². The SMILES string of the molecule is CCCC[C@H](NC(=O)c1cn(-c2cccc(C(F)(F)F)c2)nn1)C(=O)O. The van der Waals surface area contributed by atoms with Crippen molar-refractivity contribution in [2.24, 2.45) is 0 Å². The number of carboxylic acids is 1. The molecule has 7 nitrogen and oxygen atoms in total. The minimum atomic E-state index is -4.51. The van der Waals surface area contributed by atoms with Crippen LogP contribution in [0.3, 0.4) is 0 Å². The van der Waals surface area contributed by atoms with E-state index in [2.05, 4.69) is 15.6 Å². The van der Waals surface area contributed by atoms with Crippen LogP contribution in [0, 0.1) is 0 Å². The van der Waals surface area contributed by atoms with Crippen molar-refractivity contribution in [3.05, 3.63) is 41.7 Å². The van der Waals surface area contributed by atoms with Crippen molar-refractivity contribution < 1.29 is 27.9 Å². The average Bonchev–Trinajstić information content (AvgIpc) is 3.07. The van der Waals surface area contributed by atoms with Gasteiger partial charge in [0.25, 0.3) is 5.91 Å². The number of halogens is 3. The van der Waals surface area contributed by atoms with Crippen LogP contribution >= 0.6 is 0 Å². The molecule has 0 saturated heterocycles.